The minimum Gasteiger partial charge on any atom is -0.496 e. The highest BCUT2D eigenvalue weighted by Gasteiger charge is 2.35. The van der Waals surface area contributed by atoms with Crippen LogP contribution < -0.4 is 15.4 Å². The maximum atomic E-state index is 14.5. The molecule has 2 atom stereocenters. The van der Waals surface area contributed by atoms with Gasteiger partial charge in [-0.3, -0.25) is 9.59 Å². The average molecular weight is 907 g/mol. The lowest BCUT2D eigenvalue weighted by atomic mass is 10.1. The number of nitrogens with zero attached hydrogens (tertiary/aromatic N) is 12. The van der Waals surface area contributed by atoms with E-state index in [2.05, 4.69) is 51.7 Å². The van der Waals surface area contributed by atoms with Crippen LogP contribution in [0.4, 0.5) is 16.0 Å². The van der Waals surface area contributed by atoms with Crippen molar-refractivity contribution >= 4 is 43.5 Å². The highest BCUT2D eigenvalue weighted by atomic mass is 32.2. The Balaban J connectivity index is 0.000000189. The van der Waals surface area contributed by atoms with Crippen molar-refractivity contribution in [1.82, 2.24) is 59.0 Å². The van der Waals surface area contributed by atoms with Crippen molar-refractivity contribution in [2.75, 3.05) is 45.1 Å². The number of halogens is 1. The number of ether oxygens (including phenoxy) is 1. The van der Waals surface area contributed by atoms with Crippen molar-refractivity contribution in [3.63, 3.8) is 0 Å². The van der Waals surface area contributed by atoms with E-state index in [1.54, 1.807) is 50.2 Å². The predicted octanol–water partition coefficient (Wildman–Crippen LogP) is 1.50. The van der Waals surface area contributed by atoms with Crippen LogP contribution in [0.1, 0.15) is 57.8 Å². The Morgan fingerprint density at radius 1 is 0.730 bits per heavy atom. The molecular weight excluding hydrogens is 868 g/mol. The maximum absolute atomic E-state index is 14.5. The summed E-state index contributed by atoms with van der Waals surface area (Å²) in [6, 6.07) is 13.8. The fourth-order valence-electron chi connectivity index (χ4n) is 6.53. The van der Waals surface area contributed by atoms with Gasteiger partial charge in [0.1, 0.15) is 34.6 Å². The molecule has 4 N–H and O–H groups in total. The lowest BCUT2D eigenvalue weighted by molar-refractivity contribution is 0.101. The largest absolute Gasteiger partial charge is 0.496 e. The second kappa shape index (κ2) is 17.6. The summed E-state index contributed by atoms with van der Waals surface area (Å²) in [7, 11) is -3.14. The second-order valence-electron chi connectivity index (χ2n) is 14.3. The van der Waals surface area contributed by atoms with Gasteiger partial charge >= 0.3 is 0 Å². The molecule has 26 heteroatoms. The van der Waals surface area contributed by atoms with Crippen molar-refractivity contribution < 1.29 is 45.8 Å². The lowest BCUT2D eigenvalue weighted by Crippen LogP contribution is -2.19. The molecule has 0 saturated heterocycles. The van der Waals surface area contributed by atoms with Crippen LogP contribution in [0.3, 0.4) is 0 Å². The molecule has 2 amide bonds. The number of hydrogen-bond donors (Lipinski definition) is 4. The van der Waals surface area contributed by atoms with Gasteiger partial charge in [0.05, 0.1) is 53.3 Å². The van der Waals surface area contributed by atoms with Crippen molar-refractivity contribution in [3.8, 4) is 28.8 Å². The Kier molecular flexibility index (Phi) is 12.4. The molecule has 2 aliphatic heterocycles. The van der Waals surface area contributed by atoms with Crippen LogP contribution in [0.15, 0.2) is 70.5 Å². The van der Waals surface area contributed by atoms with E-state index in [1.165, 1.54) is 47.0 Å². The fraction of sp³-hybridized carbons (Fsp3) is 0.297. The van der Waals surface area contributed by atoms with Crippen LogP contribution >= 0.6 is 0 Å². The van der Waals surface area contributed by atoms with Gasteiger partial charge < -0.3 is 25.6 Å². The number of aliphatic hydroxyl groups excluding tert-OH is 2. The Morgan fingerprint density at radius 3 is 1.63 bits per heavy atom. The van der Waals surface area contributed by atoms with Gasteiger partial charge in [-0.05, 0) is 94.4 Å². The second-order valence-corrected chi connectivity index (χ2v) is 18.3. The minimum absolute atomic E-state index is 0.0427. The van der Waals surface area contributed by atoms with Gasteiger partial charge in [-0.2, -0.15) is 8.61 Å². The van der Waals surface area contributed by atoms with E-state index >= 15 is 0 Å². The zero-order valence-electron chi connectivity index (χ0n) is 34.1. The molecule has 0 unspecified atom stereocenters. The number of methoxy groups -OCH3 is 1. The first kappa shape index (κ1) is 44.3. The van der Waals surface area contributed by atoms with E-state index < -0.39 is 49.3 Å². The fourth-order valence-corrected chi connectivity index (χ4v) is 9.26. The number of nitrogens with one attached hydrogen (secondary N) is 2. The van der Waals surface area contributed by atoms with Crippen molar-refractivity contribution in [1.29, 1.82) is 0 Å². The molecule has 2 aromatic carbocycles. The molecule has 0 saturated carbocycles. The quantitative estimate of drug-likeness (QED) is 0.143. The third-order valence-electron chi connectivity index (χ3n) is 9.97. The number of amides is 2. The number of benzene rings is 2. The van der Waals surface area contributed by atoms with Crippen LogP contribution in [0.2, 0.25) is 0 Å². The van der Waals surface area contributed by atoms with Gasteiger partial charge in [0.2, 0.25) is 31.7 Å². The number of carbonyl (C=O) groups excluding carboxylic acids is 2. The maximum Gasteiger partial charge on any atom is 0.260 e. The number of aliphatic hydroxyl groups is 2. The Labute approximate surface area is 358 Å². The number of tetrazole rings is 2. The van der Waals surface area contributed by atoms with Crippen molar-refractivity contribution in [2.24, 2.45) is 0 Å². The third-order valence-corrected chi connectivity index (χ3v) is 13.7. The number of hydrogen-bond acceptors (Lipinski definition) is 17. The van der Waals surface area contributed by atoms with Gasteiger partial charge in [-0.15, -0.1) is 10.2 Å². The SMILES string of the molecule is COc1cc2c(cc1C(=O)Nc1cccc(-c3nnnn3[C@H](C)CO)n1)S(=O)(=O)N(C)C2.C[C@H](CO)n1nnnc1-c1cccc(NC(=O)c2cc3c(cc2F)CN(C)S3(=O)=O)n1. The number of anilines is 2. The summed E-state index contributed by atoms with van der Waals surface area (Å²) in [5.41, 5.74) is 1.21. The van der Waals surface area contributed by atoms with Crippen LogP contribution in [-0.2, 0) is 33.1 Å². The first-order valence-electron chi connectivity index (χ1n) is 18.8. The molecule has 0 fully saturated rings. The standard InChI is InChI=1S/C19H21N7O5S.C18H18FN7O4S/c1-11(10-27)26-18(22-23-24-26)14-5-4-6-17(20-14)21-19(28)13-8-16-12(7-15(13)31-3)9-25(2)32(16,29)30;1-10(9-27)26-17(22-23-24-26)14-4-3-5-16(20-14)21-18(28)12-7-15-11(6-13(12)19)8-25(2)31(15,29)30/h4-8,11,27H,9-10H2,1-3H3,(H,20,21,28);3-7,10,27H,8-9H2,1-2H3,(H,20,21,28)/t11-;10-/m11/s1. The van der Waals surface area contributed by atoms with Crippen molar-refractivity contribution in [3.05, 3.63) is 88.7 Å². The number of sulfonamides is 2. The molecule has 330 valence electrons. The summed E-state index contributed by atoms with van der Waals surface area (Å²) in [4.78, 5) is 34.3. The molecule has 6 aromatic rings. The van der Waals surface area contributed by atoms with Gasteiger partial charge in [0.25, 0.3) is 11.8 Å². The molecular formula is C37H39FN14O9S2. The molecule has 0 aliphatic carbocycles. The summed E-state index contributed by atoms with van der Waals surface area (Å²) in [6.07, 6.45) is 0. The molecule has 4 aromatic heterocycles. The average Bonchev–Trinajstić information content (AvgIpc) is 4.05. The van der Waals surface area contributed by atoms with E-state index in [4.69, 9.17) is 4.74 Å². The molecule has 0 bridgehead atoms. The first-order valence-corrected chi connectivity index (χ1v) is 21.7. The van der Waals surface area contributed by atoms with Gasteiger partial charge in [0.15, 0.2) is 0 Å². The van der Waals surface area contributed by atoms with Crippen molar-refractivity contribution in [2.45, 2.75) is 48.8 Å². The molecule has 63 heavy (non-hydrogen) atoms. The molecule has 6 heterocycles. The summed E-state index contributed by atoms with van der Waals surface area (Å²) >= 11 is 0. The van der Waals surface area contributed by atoms with E-state index in [0.29, 0.717) is 28.3 Å². The van der Waals surface area contributed by atoms with Gasteiger partial charge in [-0.25, -0.2) is 40.6 Å². The molecule has 23 nitrogen and oxygen atoms in total. The van der Waals surface area contributed by atoms with E-state index in [9.17, 15) is 41.0 Å². The zero-order chi connectivity index (χ0) is 45.4. The van der Waals surface area contributed by atoms with Crippen LogP contribution in [-0.4, -0.2) is 132 Å². The number of carbonyl (C=O) groups is 2. The predicted molar refractivity (Wildman–Crippen MR) is 218 cm³/mol. The summed E-state index contributed by atoms with van der Waals surface area (Å²) in [5, 5.41) is 46.6. The van der Waals surface area contributed by atoms with Crippen LogP contribution in [0.25, 0.3) is 23.0 Å². The Bertz CT molecular complexity index is 2970. The highest BCUT2D eigenvalue weighted by Crippen LogP contribution is 2.35. The first-order chi connectivity index (χ1) is 30.0. The molecule has 0 radical (unpaired) electrons. The zero-order valence-corrected chi connectivity index (χ0v) is 35.7. The summed E-state index contributed by atoms with van der Waals surface area (Å²) in [5.74, 6) is -1.11. The van der Waals surface area contributed by atoms with E-state index in [1.807, 2.05) is 0 Å². The van der Waals surface area contributed by atoms with Crippen LogP contribution in [0.5, 0.6) is 5.75 Å². The summed E-state index contributed by atoms with van der Waals surface area (Å²) in [6.45, 7) is 3.36. The minimum atomic E-state index is -3.76. The highest BCUT2D eigenvalue weighted by molar-refractivity contribution is 7.89. The number of aromatic nitrogens is 10. The summed E-state index contributed by atoms with van der Waals surface area (Å²) < 4.78 is 74.6. The topological polar surface area (TPSA) is 296 Å². The number of pyridine rings is 2. The Hall–Kier alpha value is -6.71. The lowest BCUT2D eigenvalue weighted by Gasteiger charge is -2.12. The van der Waals surface area contributed by atoms with Gasteiger partial charge in [0, 0.05) is 27.2 Å². The van der Waals surface area contributed by atoms with Crippen LogP contribution in [0, 0.1) is 5.82 Å². The number of fused-ring (bicyclic) bond motifs is 2. The van der Waals surface area contributed by atoms with E-state index in [0.717, 1.165) is 16.4 Å². The monoisotopic (exact) mass is 906 g/mol. The van der Waals surface area contributed by atoms with E-state index in [-0.39, 0.29) is 70.9 Å². The van der Waals surface area contributed by atoms with Gasteiger partial charge in [-0.1, -0.05) is 12.1 Å². The molecule has 2 aliphatic rings. The third kappa shape index (κ3) is 8.58. The molecule has 8 rings (SSSR count). The smallest absolute Gasteiger partial charge is 0.260 e. The molecule has 0 spiro atoms. The normalized spacial score (nSPS) is 16.0. The Morgan fingerprint density at radius 2 is 1.17 bits per heavy atom. The number of rotatable bonds is 11.